The second-order valence-electron chi connectivity index (χ2n) is 7.48. The largest absolute Gasteiger partial charge is 0.352 e. The predicted octanol–water partition coefficient (Wildman–Crippen LogP) is 4.92. The number of benzene rings is 3. The van der Waals surface area contributed by atoms with Crippen LogP contribution < -0.4 is 5.32 Å². The Balaban J connectivity index is 1.56. The molecule has 1 amide bonds. The summed E-state index contributed by atoms with van der Waals surface area (Å²) in [6.45, 7) is 6.82. The summed E-state index contributed by atoms with van der Waals surface area (Å²) in [7, 11) is 0. The van der Waals surface area contributed by atoms with Crippen molar-refractivity contribution in [2.45, 2.75) is 27.2 Å². The zero-order valence-electron chi connectivity index (χ0n) is 17.1. The van der Waals surface area contributed by atoms with E-state index < -0.39 is 0 Å². The molecule has 4 rings (SSSR count). The molecule has 0 aliphatic carbocycles. The molecule has 0 saturated heterocycles. The number of nitrogens with one attached hydrogen (secondary N) is 1. The lowest BCUT2D eigenvalue weighted by Gasteiger charge is -2.11. The van der Waals surface area contributed by atoms with E-state index in [0.29, 0.717) is 12.1 Å². The number of carbonyl (C=O) groups excluding carboxylic acids is 1. The Hall–Kier alpha value is -3.40. The van der Waals surface area contributed by atoms with Gasteiger partial charge in [-0.15, -0.1) is 0 Å². The third-order valence-electron chi connectivity index (χ3n) is 5.22. The summed E-state index contributed by atoms with van der Waals surface area (Å²) in [5, 5.41) is 3.01. The molecule has 0 radical (unpaired) electrons. The fourth-order valence-corrected chi connectivity index (χ4v) is 3.77. The van der Waals surface area contributed by atoms with Crippen molar-refractivity contribution in [3.05, 3.63) is 94.8 Å². The highest BCUT2D eigenvalue weighted by Gasteiger charge is 2.14. The van der Waals surface area contributed by atoms with E-state index in [9.17, 15) is 4.79 Å². The van der Waals surface area contributed by atoms with Gasteiger partial charge in [-0.05, 0) is 62.6 Å². The zero-order valence-corrected chi connectivity index (χ0v) is 17.1. The van der Waals surface area contributed by atoms with Gasteiger partial charge in [-0.25, -0.2) is 4.98 Å². The molecular weight excluding hydrogens is 358 g/mol. The van der Waals surface area contributed by atoms with Crippen LogP contribution >= 0.6 is 0 Å². The zero-order chi connectivity index (χ0) is 20.4. The van der Waals surface area contributed by atoms with Crippen molar-refractivity contribution in [2.24, 2.45) is 0 Å². The fraction of sp³-hybridized carbons (Fsp3) is 0.200. The molecule has 0 bridgehead atoms. The number of carbonyl (C=O) groups is 1. The number of hydrogen-bond acceptors (Lipinski definition) is 2. The van der Waals surface area contributed by atoms with Gasteiger partial charge in [-0.2, -0.15) is 0 Å². The van der Waals surface area contributed by atoms with Crippen molar-refractivity contribution in [1.82, 2.24) is 14.9 Å². The van der Waals surface area contributed by atoms with Crippen molar-refractivity contribution in [3.63, 3.8) is 0 Å². The average molecular weight is 383 g/mol. The maximum Gasteiger partial charge on any atom is 0.251 e. The molecule has 0 atom stereocenters. The van der Waals surface area contributed by atoms with Gasteiger partial charge in [-0.1, -0.05) is 48.0 Å². The summed E-state index contributed by atoms with van der Waals surface area (Å²) in [5.41, 5.74) is 7.25. The van der Waals surface area contributed by atoms with E-state index in [-0.39, 0.29) is 5.91 Å². The lowest BCUT2D eigenvalue weighted by atomic mass is 10.1. The third kappa shape index (κ3) is 3.92. The second kappa shape index (κ2) is 7.92. The van der Waals surface area contributed by atoms with Crippen LogP contribution in [0.1, 0.15) is 32.9 Å². The molecule has 29 heavy (non-hydrogen) atoms. The summed E-state index contributed by atoms with van der Waals surface area (Å²) in [6.07, 6.45) is 0.815. The molecule has 4 aromatic rings. The highest BCUT2D eigenvalue weighted by atomic mass is 16.1. The number of rotatable bonds is 5. The van der Waals surface area contributed by atoms with Crippen LogP contribution in [0.5, 0.6) is 0 Å². The first-order chi connectivity index (χ1) is 14.0. The molecule has 0 saturated carbocycles. The Morgan fingerprint density at radius 2 is 1.76 bits per heavy atom. The van der Waals surface area contributed by atoms with Gasteiger partial charge in [-0.3, -0.25) is 9.36 Å². The molecule has 3 aromatic carbocycles. The van der Waals surface area contributed by atoms with Gasteiger partial charge >= 0.3 is 0 Å². The summed E-state index contributed by atoms with van der Waals surface area (Å²) < 4.78 is 2.15. The summed E-state index contributed by atoms with van der Waals surface area (Å²) >= 11 is 0. The smallest absolute Gasteiger partial charge is 0.251 e. The Kier molecular flexibility index (Phi) is 5.17. The van der Waals surface area contributed by atoms with Crippen LogP contribution in [0.2, 0.25) is 0 Å². The first-order valence-corrected chi connectivity index (χ1v) is 9.92. The van der Waals surface area contributed by atoms with E-state index >= 15 is 0 Å². The SMILES string of the molecule is Cc1ccc(-n2c(C)nc3cc(C(=O)NCCc4ccccc4)ccc32)c(C)c1. The standard InChI is InChI=1S/C25H25N3O/c1-17-9-11-23(18(2)15-17)28-19(3)27-22-16-21(10-12-24(22)28)25(29)26-14-13-20-7-5-4-6-8-20/h4-12,15-16H,13-14H2,1-3H3,(H,26,29). The maximum atomic E-state index is 12.6. The van der Waals surface area contributed by atoms with Crippen LogP contribution in [0, 0.1) is 20.8 Å². The molecule has 4 nitrogen and oxygen atoms in total. The number of nitrogens with zero attached hydrogens (tertiary/aromatic N) is 2. The Morgan fingerprint density at radius 3 is 2.52 bits per heavy atom. The van der Waals surface area contributed by atoms with Crippen molar-refractivity contribution in [1.29, 1.82) is 0 Å². The summed E-state index contributed by atoms with van der Waals surface area (Å²) in [5.74, 6) is 0.843. The lowest BCUT2D eigenvalue weighted by Crippen LogP contribution is -2.25. The van der Waals surface area contributed by atoms with E-state index in [1.165, 1.54) is 16.7 Å². The van der Waals surface area contributed by atoms with Crippen molar-refractivity contribution < 1.29 is 4.79 Å². The van der Waals surface area contributed by atoms with Crippen LogP contribution in [0.15, 0.2) is 66.7 Å². The summed E-state index contributed by atoms with van der Waals surface area (Å²) in [6, 6.07) is 22.3. The van der Waals surface area contributed by atoms with Crippen LogP contribution in [-0.2, 0) is 6.42 Å². The second-order valence-corrected chi connectivity index (χ2v) is 7.48. The van der Waals surface area contributed by atoms with Crippen LogP contribution in [0.25, 0.3) is 16.7 Å². The molecule has 4 heteroatoms. The van der Waals surface area contributed by atoms with E-state index in [4.69, 9.17) is 4.98 Å². The molecule has 0 fully saturated rings. The molecular formula is C25H25N3O. The van der Waals surface area contributed by atoms with Gasteiger partial charge in [0.05, 0.1) is 16.7 Å². The number of amides is 1. The Labute approximate surface area is 171 Å². The normalized spacial score (nSPS) is 11.0. The first-order valence-electron chi connectivity index (χ1n) is 9.92. The minimum absolute atomic E-state index is 0.0680. The number of imidazole rings is 1. The molecule has 0 unspecified atom stereocenters. The number of aromatic nitrogens is 2. The summed E-state index contributed by atoms with van der Waals surface area (Å²) in [4.78, 5) is 17.3. The minimum Gasteiger partial charge on any atom is -0.352 e. The minimum atomic E-state index is -0.0680. The van der Waals surface area contributed by atoms with Gasteiger partial charge in [0.15, 0.2) is 0 Å². The number of fused-ring (bicyclic) bond motifs is 1. The number of aryl methyl sites for hydroxylation is 3. The quantitative estimate of drug-likeness (QED) is 0.531. The van der Waals surface area contributed by atoms with Gasteiger partial charge in [0.1, 0.15) is 5.82 Å². The molecule has 146 valence electrons. The third-order valence-corrected chi connectivity index (χ3v) is 5.22. The molecule has 1 N–H and O–H groups in total. The van der Waals surface area contributed by atoms with Crippen LogP contribution in [-0.4, -0.2) is 22.0 Å². The van der Waals surface area contributed by atoms with Gasteiger partial charge in [0.2, 0.25) is 0 Å². The highest BCUT2D eigenvalue weighted by molar-refractivity contribution is 5.97. The average Bonchev–Trinajstić information content (AvgIpc) is 3.03. The fourth-order valence-electron chi connectivity index (χ4n) is 3.77. The van der Waals surface area contributed by atoms with E-state index in [0.717, 1.165) is 29.0 Å². The van der Waals surface area contributed by atoms with Crippen LogP contribution in [0.4, 0.5) is 0 Å². The lowest BCUT2D eigenvalue weighted by molar-refractivity contribution is 0.0954. The van der Waals surface area contributed by atoms with Crippen molar-refractivity contribution in [3.8, 4) is 5.69 Å². The molecule has 0 aliphatic rings. The van der Waals surface area contributed by atoms with Crippen LogP contribution in [0.3, 0.4) is 0 Å². The van der Waals surface area contributed by atoms with E-state index in [2.05, 4.69) is 54.1 Å². The Bertz CT molecular complexity index is 1180. The van der Waals surface area contributed by atoms with E-state index in [1.54, 1.807) is 0 Å². The van der Waals surface area contributed by atoms with Gasteiger partial charge in [0.25, 0.3) is 5.91 Å². The van der Waals surface area contributed by atoms with Crippen molar-refractivity contribution in [2.75, 3.05) is 6.54 Å². The Morgan fingerprint density at radius 1 is 0.966 bits per heavy atom. The highest BCUT2D eigenvalue weighted by Crippen LogP contribution is 2.25. The maximum absolute atomic E-state index is 12.6. The van der Waals surface area contributed by atoms with E-state index in [1.807, 2.05) is 43.3 Å². The topological polar surface area (TPSA) is 46.9 Å². The van der Waals surface area contributed by atoms with Gasteiger partial charge < -0.3 is 5.32 Å². The molecule has 0 aliphatic heterocycles. The van der Waals surface area contributed by atoms with Gasteiger partial charge in [0, 0.05) is 12.1 Å². The predicted molar refractivity (Wildman–Crippen MR) is 118 cm³/mol. The monoisotopic (exact) mass is 383 g/mol. The molecule has 1 aromatic heterocycles. The molecule has 0 spiro atoms. The van der Waals surface area contributed by atoms with Crippen molar-refractivity contribution >= 4 is 16.9 Å². The first kappa shape index (κ1) is 18.9. The number of hydrogen-bond donors (Lipinski definition) is 1. The molecule has 1 heterocycles.